The Labute approximate surface area is 166 Å². The van der Waals surface area contributed by atoms with Gasteiger partial charge in [0.1, 0.15) is 11.6 Å². The fraction of sp³-hybridized carbons (Fsp3) is 0.381. The smallest absolute Gasteiger partial charge is 0.227 e. The van der Waals surface area contributed by atoms with Crippen LogP contribution in [0.3, 0.4) is 0 Å². The lowest BCUT2D eigenvalue weighted by Gasteiger charge is -2.13. The van der Waals surface area contributed by atoms with Gasteiger partial charge >= 0.3 is 0 Å². The molecule has 0 radical (unpaired) electrons. The molecule has 0 atom stereocenters. The molecule has 3 N–H and O–H groups in total. The highest BCUT2D eigenvalue weighted by atomic mass is 16.5. The van der Waals surface area contributed by atoms with Crippen molar-refractivity contribution in [1.82, 2.24) is 15.6 Å². The Morgan fingerprint density at radius 3 is 2.64 bits per heavy atom. The molecule has 0 aliphatic carbocycles. The first kappa shape index (κ1) is 21.2. The number of hydrogen-bond acceptors (Lipinski definition) is 4. The normalized spacial score (nSPS) is 11.1. The van der Waals surface area contributed by atoms with Crippen LogP contribution in [-0.4, -0.2) is 44.1 Å². The Kier molecular flexibility index (Phi) is 8.27. The highest BCUT2D eigenvalue weighted by Crippen LogP contribution is 2.19. The number of hydrogen-bond donors (Lipinski definition) is 3. The summed E-state index contributed by atoms with van der Waals surface area (Å²) in [5.74, 6) is 2.02. The Hall–Kier alpha value is -3.09. The molecule has 1 aromatic heterocycles. The van der Waals surface area contributed by atoms with Crippen LogP contribution in [0.15, 0.2) is 41.4 Å². The highest BCUT2D eigenvalue weighted by Gasteiger charge is 2.06. The number of aliphatic imine (C=N–C) groups is 1. The van der Waals surface area contributed by atoms with E-state index < -0.39 is 0 Å². The van der Waals surface area contributed by atoms with Crippen LogP contribution in [0.1, 0.15) is 23.2 Å². The number of aryl methyl sites for hydroxylation is 2. The van der Waals surface area contributed by atoms with Gasteiger partial charge in [-0.3, -0.25) is 9.79 Å². The van der Waals surface area contributed by atoms with Gasteiger partial charge in [-0.05, 0) is 44.0 Å². The molecular weight excluding hydrogens is 354 g/mol. The second-order valence-corrected chi connectivity index (χ2v) is 6.45. The Bertz CT molecular complexity index is 820. The summed E-state index contributed by atoms with van der Waals surface area (Å²) >= 11 is 0. The van der Waals surface area contributed by atoms with Crippen LogP contribution in [0, 0.1) is 13.8 Å². The average molecular weight is 383 g/mol. The first-order valence-electron chi connectivity index (χ1n) is 9.33. The standard InChI is InChI=1S/C21H29N5O2/c1-15-8-9-18(28-4)17(14-15)10-12-23-21(22-3)24-13-11-20(27)26-19-7-5-6-16(2)25-19/h5-9,14H,10-13H2,1-4H3,(H2,22,23,24)(H,25,26,27). The van der Waals surface area contributed by atoms with Gasteiger partial charge in [0.2, 0.25) is 5.91 Å². The molecule has 2 aromatic rings. The predicted octanol–water partition coefficient (Wildman–Crippen LogP) is 2.44. The van der Waals surface area contributed by atoms with E-state index >= 15 is 0 Å². The van der Waals surface area contributed by atoms with Crippen molar-refractivity contribution < 1.29 is 9.53 Å². The van der Waals surface area contributed by atoms with Gasteiger partial charge in [-0.15, -0.1) is 0 Å². The van der Waals surface area contributed by atoms with Crippen LogP contribution >= 0.6 is 0 Å². The zero-order chi connectivity index (χ0) is 20.4. The highest BCUT2D eigenvalue weighted by molar-refractivity contribution is 5.90. The second kappa shape index (κ2) is 10.9. The number of aromatic nitrogens is 1. The van der Waals surface area contributed by atoms with Gasteiger partial charge in [-0.25, -0.2) is 4.98 Å². The lowest BCUT2D eigenvalue weighted by molar-refractivity contribution is -0.116. The maximum Gasteiger partial charge on any atom is 0.227 e. The fourth-order valence-corrected chi connectivity index (χ4v) is 2.75. The number of anilines is 1. The van der Waals surface area contributed by atoms with Gasteiger partial charge in [-0.1, -0.05) is 23.8 Å². The zero-order valence-corrected chi connectivity index (χ0v) is 17.0. The van der Waals surface area contributed by atoms with Gasteiger partial charge in [0.05, 0.1) is 7.11 Å². The number of carbonyl (C=O) groups excluding carboxylic acids is 1. The predicted molar refractivity (Wildman–Crippen MR) is 113 cm³/mol. The molecule has 28 heavy (non-hydrogen) atoms. The molecule has 150 valence electrons. The Morgan fingerprint density at radius 2 is 1.93 bits per heavy atom. The molecule has 0 spiro atoms. The number of methoxy groups -OCH3 is 1. The lowest BCUT2D eigenvalue weighted by atomic mass is 10.1. The van der Waals surface area contributed by atoms with E-state index in [1.807, 2.05) is 31.2 Å². The van der Waals surface area contributed by atoms with Gasteiger partial charge in [0.25, 0.3) is 0 Å². The molecule has 0 fully saturated rings. The molecule has 0 saturated heterocycles. The Balaban J connectivity index is 1.73. The van der Waals surface area contributed by atoms with Crippen LogP contribution in [0.2, 0.25) is 0 Å². The summed E-state index contributed by atoms with van der Waals surface area (Å²) in [6, 6.07) is 11.7. The molecule has 0 bridgehead atoms. The van der Waals surface area contributed by atoms with E-state index in [9.17, 15) is 4.79 Å². The first-order chi connectivity index (χ1) is 13.5. The summed E-state index contributed by atoms with van der Waals surface area (Å²) in [6.07, 6.45) is 1.13. The number of guanidine groups is 1. The minimum absolute atomic E-state index is 0.0921. The summed E-state index contributed by atoms with van der Waals surface area (Å²) < 4.78 is 5.41. The number of amides is 1. The first-order valence-corrected chi connectivity index (χ1v) is 9.33. The maximum absolute atomic E-state index is 12.0. The van der Waals surface area contributed by atoms with Crippen molar-refractivity contribution in [3.8, 4) is 5.75 Å². The van der Waals surface area contributed by atoms with E-state index in [0.29, 0.717) is 31.3 Å². The van der Waals surface area contributed by atoms with Crippen LogP contribution in [0.4, 0.5) is 5.82 Å². The third kappa shape index (κ3) is 6.90. The van der Waals surface area contributed by atoms with Crippen LogP contribution in [0.25, 0.3) is 0 Å². The van der Waals surface area contributed by atoms with Crippen molar-refractivity contribution >= 4 is 17.7 Å². The minimum atomic E-state index is -0.0921. The largest absolute Gasteiger partial charge is 0.496 e. The van der Waals surface area contributed by atoms with Crippen LogP contribution in [0.5, 0.6) is 5.75 Å². The van der Waals surface area contributed by atoms with E-state index in [-0.39, 0.29) is 5.91 Å². The number of nitrogens with one attached hydrogen (secondary N) is 3. The summed E-state index contributed by atoms with van der Waals surface area (Å²) in [5, 5.41) is 9.20. The third-order valence-electron chi connectivity index (χ3n) is 4.15. The quantitative estimate of drug-likeness (QED) is 0.481. The van der Waals surface area contributed by atoms with E-state index in [2.05, 4.69) is 38.9 Å². The lowest BCUT2D eigenvalue weighted by Crippen LogP contribution is -2.39. The van der Waals surface area contributed by atoms with Crippen LogP contribution in [-0.2, 0) is 11.2 Å². The summed E-state index contributed by atoms with van der Waals surface area (Å²) in [7, 11) is 3.39. The van der Waals surface area contributed by atoms with Crippen molar-refractivity contribution in [3.63, 3.8) is 0 Å². The van der Waals surface area contributed by atoms with Crippen molar-refractivity contribution in [2.75, 3.05) is 32.6 Å². The Morgan fingerprint density at radius 1 is 1.14 bits per heavy atom. The fourth-order valence-electron chi connectivity index (χ4n) is 2.75. The van der Waals surface area contributed by atoms with E-state index in [4.69, 9.17) is 4.74 Å². The number of ether oxygens (including phenoxy) is 1. The molecule has 7 heteroatoms. The molecular formula is C21H29N5O2. The summed E-state index contributed by atoms with van der Waals surface area (Å²) in [5.41, 5.74) is 3.22. The maximum atomic E-state index is 12.0. The third-order valence-corrected chi connectivity index (χ3v) is 4.15. The molecule has 0 unspecified atom stereocenters. The van der Waals surface area contributed by atoms with Gasteiger partial charge in [-0.2, -0.15) is 0 Å². The topological polar surface area (TPSA) is 87.6 Å². The number of benzene rings is 1. The average Bonchev–Trinajstić information content (AvgIpc) is 2.67. The molecule has 1 heterocycles. The zero-order valence-electron chi connectivity index (χ0n) is 17.0. The van der Waals surface area contributed by atoms with E-state index in [0.717, 1.165) is 23.4 Å². The number of pyridine rings is 1. The van der Waals surface area contributed by atoms with Crippen LogP contribution < -0.4 is 20.7 Å². The van der Waals surface area contributed by atoms with Crippen molar-refractivity contribution in [1.29, 1.82) is 0 Å². The molecule has 1 amide bonds. The number of nitrogens with zero attached hydrogens (tertiary/aromatic N) is 2. The SMILES string of the molecule is CN=C(NCCC(=O)Nc1cccc(C)n1)NCCc1cc(C)ccc1OC. The monoisotopic (exact) mass is 383 g/mol. The molecule has 0 aliphatic heterocycles. The molecule has 2 rings (SSSR count). The van der Waals surface area contributed by atoms with Crippen molar-refractivity contribution in [2.24, 2.45) is 4.99 Å². The summed E-state index contributed by atoms with van der Waals surface area (Å²) in [4.78, 5) is 20.5. The van der Waals surface area contributed by atoms with Gasteiger partial charge < -0.3 is 20.7 Å². The molecule has 1 aromatic carbocycles. The summed E-state index contributed by atoms with van der Waals surface area (Å²) in [6.45, 7) is 5.14. The number of rotatable bonds is 8. The molecule has 0 saturated carbocycles. The van der Waals surface area contributed by atoms with E-state index in [1.54, 1.807) is 20.2 Å². The minimum Gasteiger partial charge on any atom is -0.496 e. The van der Waals surface area contributed by atoms with E-state index in [1.165, 1.54) is 5.56 Å². The number of carbonyl (C=O) groups is 1. The van der Waals surface area contributed by atoms with Gasteiger partial charge in [0, 0.05) is 32.3 Å². The second-order valence-electron chi connectivity index (χ2n) is 6.45. The van der Waals surface area contributed by atoms with Crippen molar-refractivity contribution in [2.45, 2.75) is 26.7 Å². The van der Waals surface area contributed by atoms with Gasteiger partial charge in [0.15, 0.2) is 5.96 Å². The molecule has 7 nitrogen and oxygen atoms in total. The van der Waals surface area contributed by atoms with Crippen molar-refractivity contribution in [3.05, 3.63) is 53.2 Å². The molecule has 0 aliphatic rings.